The van der Waals surface area contributed by atoms with E-state index in [-0.39, 0.29) is 5.78 Å². The Morgan fingerprint density at radius 2 is 2.00 bits per heavy atom. The Kier molecular flexibility index (Phi) is 4.50. The quantitative estimate of drug-likeness (QED) is 0.844. The number of hydrogen-bond acceptors (Lipinski definition) is 4. The van der Waals surface area contributed by atoms with E-state index in [1.54, 1.807) is 19.4 Å². The normalized spacial score (nSPS) is 10.5. The second-order valence-corrected chi connectivity index (χ2v) is 4.24. The molecule has 0 amide bonds. The first-order chi connectivity index (χ1) is 9.69. The molecule has 0 spiro atoms. The van der Waals surface area contributed by atoms with Crippen molar-refractivity contribution in [2.45, 2.75) is 6.92 Å². The van der Waals surface area contributed by atoms with Crippen LogP contribution in [0, 0.1) is 0 Å². The van der Waals surface area contributed by atoms with Crippen LogP contribution < -0.4 is 10.1 Å². The lowest BCUT2D eigenvalue weighted by molar-refractivity contribution is -0.112. The second kappa shape index (κ2) is 6.52. The molecule has 0 fully saturated rings. The van der Waals surface area contributed by atoms with Gasteiger partial charge in [-0.25, -0.2) is 4.98 Å². The predicted molar refractivity (Wildman–Crippen MR) is 80.2 cm³/mol. The molecule has 1 heterocycles. The molecule has 0 radical (unpaired) electrons. The van der Waals surface area contributed by atoms with Gasteiger partial charge < -0.3 is 10.1 Å². The Hall–Kier alpha value is -2.62. The Morgan fingerprint density at radius 1 is 1.25 bits per heavy atom. The van der Waals surface area contributed by atoms with Gasteiger partial charge in [0.1, 0.15) is 11.6 Å². The van der Waals surface area contributed by atoms with E-state index in [2.05, 4.69) is 10.3 Å². The van der Waals surface area contributed by atoms with Crippen LogP contribution >= 0.6 is 0 Å². The molecule has 1 aromatic carbocycles. The number of rotatable bonds is 5. The minimum atomic E-state index is 0.00394. The first kappa shape index (κ1) is 13.8. The van der Waals surface area contributed by atoms with Crippen LogP contribution in [0.2, 0.25) is 0 Å². The lowest BCUT2D eigenvalue weighted by Gasteiger charge is -2.09. The first-order valence-corrected chi connectivity index (χ1v) is 6.24. The zero-order valence-electron chi connectivity index (χ0n) is 11.5. The summed E-state index contributed by atoms with van der Waals surface area (Å²) in [6.07, 6.45) is 4.98. The van der Waals surface area contributed by atoms with Crippen molar-refractivity contribution in [3.8, 4) is 5.75 Å². The van der Waals surface area contributed by atoms with Crippen LogP contribution in [0.5, 0.6) is 5.75 Å². The van der Waals surface area contributed by atoms with Gasteiger partial charge in [-0.05, 0) is 55.5 Å². The van der Waals surface area contributed by atoms with Crippen molar-refractivity contribution in [3.63, 3.8) is 0 Å². The van der Waals surface area contributed by atoms with Crippen molar-refractivity contribution in [2.75, 3.05) is 12.4 Å². The van der Waals surface area contributed by atoms with Crippen LogP contribution in [0.4, 0.5) is 11.5 Å². The molecule has 2 aromatic rings. The molecule has 0 saturated heterocycles. The van der Waals surface area contributed by atoms with Crippen molar-refractivity contribution in [1.82, 2.24) is 4.98 Å². The molecule has 0 bridgehead atoms. The maximum absolute atomic E-state index is 11.0. The van der Waals surface area contributed by atoms with E-state index in [1.807, 2.05) is 36.4 Å². The molecule has 1 aromatic heterocycles. The summed E-state index contributed by atoms with van der Waals surface area (Å²) in [6, 6.07) is 11.3. The number of aromatic nitrogens is 1. The Morgan fingerprint density at radius 3 is 2.65 bits per heavy atom. The summed E-state index contributed by atoms with van der Waals surface area (Å²) in [5.41, 5.74) is 1.76. The average Bonchev–Trinajstić information content (AvgIpc) is 2.47. The van der Waals surface area contributed by atoms with Crippen LogP contribution in [0.1, 0.15) is 12.5 Å². The van der Waals surface area contributed by atoms with Gasteiger partial charge in [0.2, 0.25) is 0 Å². The van der Waals surface area contributed by atoms with E-state index in [1.165, 1.54) is 13.0 Å². The topological polar surface area (TPSA) is 51.2 Å². The fourth-order valence-electron chi connectivity index (χ4n) is 1.67. The maximum Gasteiger partial charge on any atom is 0.152 e. The molecule has 0 aliphatic heterocycles. The third kappa shape index (κ3) is 3.68. The number of allylic oxidation sites excluding steroid dienone is 1. The fraction of sp³-hybridized carbons (Fsp3) is 0.125. The van der Waals surface area contributed by atoms with Crippen LogP contribution in [0.3, 0.4) is 0 Å². The summed E-state index contributed by atoms with van der Waals surface area (Å²) in [5, 5.41) is 3.22. The lowest BCUT2D eigenvalue weighted by Crippen LogP contribution is -1.96. The van der Waals surface area contributed by atoms with Gasteiger partial charge in [-0.1, -0.05) is 0 Å². The molecule has 0 atom stereocenters. The van der Waals surface area contributed by atoms with E-state index < -0.39 is 0 Å². The van der Waals surface area contributed by atoms with Gasteiger partial charge in [0, 0.05) is 17.4 Å². The van der Waals surface area contributed by atoms with E-state index in [4.69, 9.17) is 4.74 Å². The van der Waals surface area contributed by atoms with Gasteiger partial charge in [0.25, 0.3) is 0 Å². The molecular weight excluding hydrogens is 252 g/mol. The highest BCUT2D eigenvalue weighted by molar-refractivity contribution is 5.92. The highest BCUT2D eigenvalue weighted by Gasteiger charge is 2.01. The number of nitrogens with zero attached hydrogens (tertiary/aromatic N) is 1. The molecule has 0 saturated carbocycles. The Bertz CT molecular complexity index is 619. The smallest absolute Gasteiger partial charge is 0.152 e. The van der Waals surface area contributed by atoms with Crippen molar-refractivity contribution < 1.29 is 9.53 Å². The number of carbonyl (C=O) groups is 1. The van der Waals surface area contributed by atoms with E-state index in [0.717, 1.165) is 17.0 Å². The monoisotopic (exact) mass is 268 g/mol. The predicted octanol–water partition coefficient (Wildman–Crippen LogP) is 3.44. The molecular formula is C16H16N2O2. The third-order valence-corrected chi connectivity index (χ3v) is 2.69. The number of pyridine rings is 1. The number of ether oxygens (including phenoxy) is 1. The van der Waals surface area contributed by atoms with Gasteiger partial charge in [-0.3, -0.25) is 4.79 Å². The molecule has 0 unspecified atom stereocenters. The van der Waals surface area contributed by atoms with Gasteiger partial charge in [-0.15, -0.1) is 0 Å². The van der Waals surface area contributed by atoms with Crippen molar-refractivity contribution in [1.29, 1.82) is 0 Å². The van der Waals surface area contributed by atoms with E-state index >= 15 is 0 Å². The van der Waals surface area contributed by atoms with Gasteiger partial charge in [0.05, 0.1) is 7.11 Å². The lowest BCUT2D eigenvalue weighted by atomic mass is 10.2. The van der Waals surface area contributed by atoms with Gasteiger partial charge >= 0.3 is 0 Å². The molecule has 20 heavy (non-hydrogen) atoms. The molecule has 1 N–H and O–H groups in total. The molecule has 0 aliphatic carbocycles. The minimum Gasteiger partial charge on any atom is -0.497 e. The summed E-state index contributed by atoms with van der Waals surface area (Å²) in [6.45, 7) is 1.52. The minimum absolute atomic E-state index is 0.00394. The largest absolute Gasteiger partial charge is 0.497 e. The maximum atomic E-state index is 11.0. The van der Waals surface area contributed by atoms with Crippen LogP contribution in [0.15, 0.2) is 48.7 Å². The fourth-order valence-corrected chi connectivity index (χ4v) is 1.67. The van der Waals surface area contributed by atoms with Crippen LogP contribution in [-0.2, 0) is 4.79 Å². The van der Waals surface area contributed by atoms with E-state index in [9.17, 15) is 4.79 Å². The van der Waals surface area contributed by atoms with Gasteiger partial charge in [0.15, 0.2) is 5.78 Å². The molecule has 4 nitrogen and oxygen atoms in total. The summed E-state index contributed by atoms with van der Waals surface area (Å²) < 4.78 is 5.12. The zero-order chi connectivity index (χ0) is 14.4. The number of methoxy groups -OCH3 is 1. The van der Waals surface area contributed by atoms with E-state index in [0.29, 0.717) is 5.82 Å². The van der Waals surface area contributed by atoms with Crippen LogP contribution in [-0.4, -0.2) is 17.9 Å². The average molecular weight is 268 g/mol. The number of hydrogen-bond donors (Lipinski definition) is 1. The van der Waals surface area contributed by atoms with Crippen molar-refractivity contribution in [3.05, 3.63) is 54.2 Å². The Labute approximate surface area is 118 Å². The highest BCUT2D eigenvalue weighted by Crippen LogP contribution is 2.21. The van der Waals surface area contributed by atoms with Gasteiger partial charge in [-0.2, -0.15) is 0 Å². The zero-order valence-corrected chi connectivity index (χ0v) is 11.5. The second-order valence-electron chi connectivity index (χ2n) is 4.24. The summed E-state index contributed by atoms with van der Waals surface area (Å²) in [7, 11) is 1.63. The first-order valence-electron chi connectivity index (χ1n) is 6.24. The van der Waals surface area contributed by atoms with Crippen LogP contribution in [0.25, 0.3) is 6.08 Å². The molecule has 2 rings (SSSR count). The number of carbonyl (C=O) groups excluding carboxylic acids is 1. The highest BCUT2D eigenvalue weighted by atomic mass is 16.5. The SMILES string of the molecule is COc1ccc(Nc2ncccc2/C=C/C(C)=O)cc1. The van der Waals surface area contributed by atoms with Crippen molar-refractivity contribution >= 4 is 23.4 Å². The molecule has 102 valence electrons. The standard InChI is InChI=1S/C16H16N2O2/c1-12(19)5-6-13-4-3-11-17-16(13)18-14-7-9-15(20-2)10-8-14/h3-11H,1-2H3,(H,17,18)/b6-5+. The number of anilines is 2. The summed E-state index contributed by atoms with van der Waals surface area (Å²) >= 11 is 0. The summed E-state index contributed by atoms with van der Waals surface area (Å²) in [5.74, 6) is 1.51. The van der Waals surface area contributed by atoms with Crippen molar-refractivity contribution in [2.24, 2.45) is 0 Å². The summed E-state index contributed by atoms with van der Waals surface area (Å²) in [4.78, 5) is 15.3. The third-order valence-electron chi connectivity index (χ3n) is 2.69. The number of ketones is 1. The molecule has 0 aliphatic rings. The molecule has 4 heteroatoms. The number of benzene rings is 1. The Balaban J connectivity index is 2.21. The number of nitrogens with one attached hydrogen (secondary N) is 1.